The van der Waals surface area contributed by atoms with Crippen molar-refractivity contribution in [3.8, 4) is 0 Å². The van der Waals surface area contributed by atoms with Gasteiger partial charge in [-0.05, 0) is 25.8 Å². The van der Waals surface area contributed by atoms with Crippen molar-refractivity contribution in [1.82, 2.24) is 5.32 Å². The minimum Gasteiger partial charge on any atom is -0.398 e. The molecule has 0 aliphatic rings. The summed E-state index contributed by atoms with van der Waals surface area (Å²) in [5.74, 6) is -0.112. The molecule has 0 radical (unpaired) electrons. The van der Waals surface area contributed by atoms with Gasteiger partial charge in [0.1, 0.15) is 0 Å². The van der Waals surface area contributed by atoms with E-state index in [-0.39, 0.29) is 17.9 Å². The Morgan fingerprint density at radius 1 is 1.50 bits per heavy atom. The molecular weight excluding hydrogens is 248 g/mol. The first-order valence-corrected chi connectivity index (χ1v) is 7.04. The average molecular weight is 270 g/mol. The van der Waals surface area contributed by atoms with Crippen molar-refractivity contribution in [2.75, 3.05) is 18.9 Å². The molecule has 102 valence electrons. The van der Waals surface area contributed by atoms with Crippen LogP contribution in [0.25, 0.3) is 0 Å². The smallest absolute Gasteiger partial charge is 0.261 e. The van der Waals surface area contributed by atoms with E-state index < -0.39 is 0 Å². The maximum absolute atomic E-state index is 12.0. The lowest BCUT2D eigenvalue weighted by molar-refractivity contribution is 0.0854. The van der Waals surface area contributed by atoms with Gasteiger partial charge < -0.3 is 16.2 Å². The Bertz CT molecular complexity index is 383. The summed E-state index contributed by atoms with van der Waals surface area (Å²) < 4.78 is 0. The number of aryl methyl sites for hydroxylation is 1. The largest absolute Gasteiger partial charge is 0.398 e. The number of nitrogen functional groups attached to an aromatic ring is 1. The van der Waals surface area contributed by atoms with E-state index in [1.165, 1.54) is 11.3 Å². The van der Waals surface area contributed by atoms with Gasteiger partial charge in [0.2, 0.25) is 0 Å². The van der Waals surface area contributed by atoms with E-state index in [0.717, 1.165) is 17.7 Å². The van der Waals surface area contributed by atoms with Crippen LogP contribution in [-0.2, 0) is 0 Å². The summed E-state index contributed by atoms with van der Waals surface area (Å²) >= 11 is 1.40. The van der Waals surface area contributed by atoms with Gasteiger partial charge in [0.15, 0.2) is 0 Å². The molecule has 0 spiro atoms. The minimum absolute atomic E-state index is 0.0892. The van der Waals surface area contributed by atoms with E-state index in [0.29, 0.717) is 17.1 Å². The Labute approximate surface area is 112 Å². The first-order chi connectivity index (χ1) is 8.48. The van der Waals surface area contributed by atoms with Crippen molar-refractivity contribution >= 4 is 22.9 Å². The zero-order valence-corrected chi connectivity index (χ0v) is 12.1. The monoisotopic (exact) mass is 270 g/mol. The number of rotatable bonds is 6. The van der Waals surface area contributed by atoms with E-state index in [9.17, 15) is 9.90 Å². The molecule has 1 aromatic rings. The number of nitrogens with one attached hydrogen (secondary N) is 1. The normalized spacial score (nSPS) is 11.6. The van der Waals surface area contributed by atoms with Crippen molar-refractivity contribution < 1.29 is 9.90 Å². The number of hydrogen-bond donors (Lipinski definition) is 3. The minimum atomic E-state index is -0.215. The molecule has 5 heteroatoms. The van der Waals surface area contributed by atoms with Gasteiger partial charge in [-0.25, -0.2) is 0 Å². The molecular formula is C13H22N2O2S. The molecule has 1 heterocycles. The quantitative estimate of drug-likeness (QED) is 0.741. The van der Waals surface area contributed by atoms with E-state index in [1.807, 2.05) is 20.8 Å². The molecule has 0 unspecified atom stereocenters. The van der Waals surface area contributed by atoms with Gasteiger partial charge in [-0.2, -0.15) is 0 Å². The molecule has 4 N–H and O–H groups in total. The van der Waals surface area contributed by atoms with Crippen LogP contribution in [0, 0.1) is 12.3 Å². The fraction of sp³-hybridized carbons (Fsp3) is 0.615. The average Bonchev–Trinajstić information content (AvgIpc) is 2.72. The Morgan fingerprint density at radius 2 is 2.11 bits per heavy atom. The number of carbonyl (C=O) groups excluding carboxylic acids is 1. The first-order valence-electron chi connectivity index (χ1n) is 6.23. The van der Waals surface area contributed by atoms with Crippen LogP contribution in [-0.4, -0.2) is 24.2 Å². The zero-order chi connectivity index (χ0) is 13.8. The summed E-state index contributed by atoms with van der Waals surface area (Å²) in [6, 6.07) is 1.70. The summed E-state index contributed by atoms with van der Waals surface area (Å²) in [5.41, 5.74) is 6.17. The Kier molecular flexibility index (Phi) is 5.16. The molecule has 0 bridgehead atoms. The van der Waals surface area contributed by atoms with Gasteiger partial charge in [-0.1, -0.05) is 13.8 Å². The molecule has 4 nitrogen and oxygen atoms in total. The molecule has 1 rings (SSSR count). The van der Waals surface area contributed by atoms with Crippen molar-refractivity contribution in [2.24, 2.45) is 5.41 Å². The summed E-state index contributed by atoms with van der Waals surface area (Å²) in [5, 5.41) is 12.3. The number of thiophene rings is 1. The number of anilines is 1. The van der Waals surface area contributed by atoms with Crippen LogP contribution >= 0.6 is 11.3 Å². The van der Waals surface area contributed by atoms with Crippen LogP contribution in [0.5, 0.6) is 0 Å². The van der Waals surface area contributed by atoms with Gasteiger partial charge in [0.05, 0.1) is 11.5 Å². The highest BCUT2D eigenvalue weighted by molar-refractivity contribution is 7.14. The van der Waals surface area contributed by atoms with Gasteiger partial charge >= 0.3 is 0 Å². The van der Waals surface area contributed by atoms with E-state index in [1.54, 1.807) is 6.07 Å². The molecule has 1 aromatic heterocycles. The van der Waals surface area contributed by atoms with Crippen LogP contribution in [0.1, 0.15) is 41.2 Å². The van der Waals surface area contributed by atoms with Crippen molar-refractivity contribution in [3.05, 3.63) is 15.8 Å². The second kappa shape index (κ2) is 6.20. The summed E-state index contributed by atoms with van der Waals surface area (Å²) in [6.07, 6.45) is 1.68. The zero-order valence-electron chi connectivity index (χ0n) is 11.2. The van der Waals surface area contributed by atoms with Gasteiger partial charge in [-0.3, -0.25) is 4.79 Å². The van der Waals surface area contributed by atoms with E-state index in [4.69, 9.17) is 5.73 Å². The topological polar surface area (TPSA) is 75.3 Å². The lowest BCUT2D eigenvalue weighted by atomic mass is 9.83. The number of nitrogens with two attached hydrogens (primary N) is 1. The molecule has 18 heavy (non-hydrogen) atoms. The standard InChI is InChI=1S/C13H22N2O2S/c1-4-13(5-2,8-16)7-15-12(17)11-6-10(14)9(3)18-11/h6,16H,4-5,7-8,14H2,1-3H3,(H,15,17). The van der Waals surface area contributed by atoms with Crippen LogP contribution in [0.15, 0.2) is 6.07 Å². The number of carbonyl (C=O) groups is 1. The highest BCUT2D eigenvalue weighted by atomic mass is 32.1. The van der Waals surface area contributed by atoms with E-state index >= 15 is 0 Å². The third-order valence-corrected chi connectivity index (χ3v) is 4.70. The SMILES string of the molecule is CCC(CC)(CO)CNC(=O)c1cc(N)c(C)s1. The van der Waals surface area contributed by atoms with Crippen LogP contribution in [0.3, 0.4) is 0 Å². The van der Waals surface area contributed by atoms with Crippen LogP contribution < -0.4 is 11.1 Å². The number of aliphatic hydroxyl groups is 1. The highest BCUT2D eigenvalue weighted by Gasteiger charge is 2.26. The summed E-state index contributed by atoms with van der Waals surface area (Å²) in [4.78, 5) is 13.6. The second-order valence-corrected chi connectivity index (χ2v) is 5.93. The number of amides is 1. The van der Waals surface area contributed by atoms with Crippen molar-refractivity contribution in [1.29, 1.82) is 0 Å². The molecule has 0 aliphatic carbocycles. The maximum Gasteiger partial charge on any atom is 0.261 e. The van der Waals surface area contributed by atoms with Crippen LogP contribution in [0.2, 0.25) is 0 Å². The summed E-state index contributed by atoms with van der Waals surface area (Å²) in [7, 11) is 0. The highest BCUT2D eigenvalue weighted by Crippen LogP contribution is 2.26. The predicted molar refractivity (Wildman–Crippen MR) is 75.9 cm³/mol. The third-order valence-electron chi connectivity index (χ3n) is 3.64. The number of aliphatic hydroxyl groups excluding tert-OH is 1. The molecule has 0 fully saturated rings. The second-order valence-electron chi connectivity index (χ2n) is 4.67. The molecule has 0 aliphatic heterocycles. The Balaban J connectivity index is 2.65. The van der Waals surface area contributed by atoms with Crippen LogP contribution in [0.4, 0.5) is 5.69 Å². The fourth-order valence-electron chi connectivity index (χ4n) is 1.74. The first kappa shape index (κ1) is 15.0. The fourth-order valence-corrected chi connectivity index (χ4v) is 2.60. The van der Waals surface area contributed by atoms with Gasteiger partial charge in [0.25, 0.3) is 5.91 Å². The summed E-state index contributed by atoms with van der Waals surface area (Å²) in [6.45, 7) is 6.53. The molecule has 0 saturated heterocycles. The Hall–Kier alpha value is -1.07. The molecule has 0 atom stereocenters. The predicted octanol–water partition coefficient (Wildman–Crippen LogP) is 2.17. The maximum atomic E-state index is 12.0. The van der Waals surface area contributed by atoms with Gasteiger partial charge in [0, 0.05) is 22.5 Å². The number of hydrogen-bond acceptors (Lipinski definition) is 4. The Morgan fingerprint density at radius 3 is 2.50 bits per heavy atom. The lowest BCUT2D eigenvalue weighted by Crippen LogP contribution is -2.39. The van der Waals surface area contributed by atoms with Crippen molar-refractivity contribution in [2.45, 2.75) is 33.6 Å². The molecule has 1 amide bonds. The van der Waals surface area contributed by atoms with E-state index in [2.05, 4.69) is 5.32 Å². The third kappa shape index (κ3) is 3.23. The lowest BCUT2D eigenvalue weighted by Gasteiger charge is -2.29. The molecule has 0 saturated carbocycles. The molecule has 0 aromatic carbocycles. The van der Waals surface area contributed by atoms with Crippen molar-refractivity contribution in [3.63, 3.8) is 0 Å². The van der Waals surface area contributed by atoms with Gasteiger partial charge in [-0.15, -0.1) is 11.3 Å².